The average molecular weight is 663 g/mol. The highest BCUT2D eigenvalue weighted by atomic mass is 32.2. The molecular weight excluding hydrogens is 634 g/mol. The van der Waals surface area contributed by atoms with Gasteiger partial charge in [0.25, 0.3) is 0 Å². The molecule has 0 heterocycles. The van der Waals surface area contributed by atoms with E-state index < -0.39 is 37.5 Å². The number of ether oxygens (including phenoxy) is 2. The molecule has 0 aliphatic rings. The molecule has 0 bridgehead atoms. The second-order valence-electron chi connectivity index (χ2n) is 8.65. The first-order valence-corrected chi connectivity index (χ1v) is 15.4. The lowest BCUT2D eigenvalue weighted by Gasteiger charge is -2.19. The molecule has 10 nitrogen and oxygen atoms in total. The predicted molar refractivity (Wildman–Crippen MR) is 143 cm³/mol. The number of alkyl halides is 6. The molecule has 18 heteroatoms. The molecule has 2 aromatic carbocycles. The van der Waals surface area contributed by atoms with Crippen LogP contribution in [-0.4, -0.2) is 45.6 Å². The third kappa shape index (κ3) is 10.3. The molecule has 2 rings (SSSR count). The highest BCUT2D eigenvalue weighted by Gasteiger charge is 2.49. The number of halogens is 6. The van der Waals surface area contributed by atoms with Crippen LogP contribution in [-0.2, 0) is 28.8 Å². The molecule has 43 heavy (non-hydrogen) atoms. The van der Waals surface area contributed by atoms with Gasteiger partial charge in [0.05, 0.1) is 11.4 Å². The topological polar surface area (TPSA) is 130 Å². The van der Waals surface area contributed by atoms with Crippen molar-refractivity contribution in [2.45, 2.75) is 70.2 Å². The van der Waals surface area contributed by atoms with Gasteiger partial charge in [-0.1, -0.05) is 43.9 Å². The van der Waals surface area contributed by atoms with Crippen LogP contribution >= 0.6 is 0 Å². The fraction of sp³-hybridized carbons (Fsp3) is 0.440. The first-order valence-electron chi connectivity index (χ1n) is 12.6. The lowest BCUT2D eigenvalue weighted by atomic mass is 10.1. The zero-order chi connectivity index (χ0) is 32.5. The second-order valence-corrected chi connectivity index (χ2v) is 11.7. The fourth-order valence-electron chi connectivity index (χ4n) is 3.18. The van der Waals surface area contributed by atoms with Gasteiger partial charge in [-0.2, -0.15) is 43.2 Å². The summed E-state index contributed by atoms with van der Waals surface area (Å²) in [5.74, 6) is 0.597. The highest BCUT2D eigenvalue weighted by molar-refractivity contribution is 7.87. The second kappa shape index (κ2) is 14.8. The van der Waals surface area contributed by atoms with Gasteiger partial charge < -0.3 is 9.47 Å². The maximum absolute atomic E-state index is 12.6. The Bertz CT molecular complexity index is 1360. The molecule has 0 N–H and O–H groups in total. The summed E-state index contributed by atoms with van der Waals surface area (Å²) in [5.41, 5.74) is -10.7. The Morgan fingerprint density at radius 3 is 1.23 bits per heavy atom. The summed E-state index contributed by atoms with van der Waals surface area (Å²) in [5, 5.41) is 6.39. The highest BCUT2D eigenvalue weighted by Crippen LogP contribution is 2.27. The van der Waals surface area contributed by atoms with E-state index in [0.29, 0.717) is 41.9 Å². The van der Waals surface area contributed by atoms with Crippen molar-refractivity contribution >= 4 is 31.7 Å². The van der Waals surface area contributed by atoms with Crippen molar-refractivity contribution in [3.63, 3.8) is 0 Å². The van der Waals surface area contributed by atoms with E-state index in [9.17, 15) is 43.2 Å². The van der Waals surface area contributed by atoms with Crippen molar-refractivity contribution in [1.29, 1.82) is 0 Å². The van der Waals surface area contributed by atoms with Crippen molar-refractivity contribution in [2.24, 2.45) is 10.3 Å². The van der Waals surface area contributed by atoms with E-state index in [1.807, 2.05) is 0 Å². The lowest BCUT2D eigenvalue weighted by molar-refractivity contribution is -0.0545. The van der Waals surface area contributed by atoms with Crippen LogP contribution in [0.5, 0.6) is 11.5 Å². The molecule has 0 unspecified atom stereocenters. The van der Waals surface area contributed by atoms with Gasteiger partial charge in [0.15, 0.2) is 0 Å². The van der Waals surface area contributed by atoms with E-state index in [0.717, 1.165) is 0 Å². The lowest BCUT2D eigenvalue weighted by Crippen LogP contribution is -2.24. The molecule has 0 saturated carbocycles. The third-order valence-electron chi connectivity index (χ3n) is 5.28. The minimum absolute atomic E-state index is 0.0300. The summed E-state index contributed by atoms with van der Waals surface area (Å²) < 4.78 is 139. The molecule has 0 saturated heterocycles. The smallest absolute Gasteiger partial charge is 0.455 e. The van der Waals surface area contributed by atoms with Crippen LogP contribution in [0.2, 0.25) is 0 Å². The van der Waals surface area contributed by atoms with E-state index in [1.54, 1.807) is 20.8 Å². The summed E-state index contributed by atoms with van der Waals surface area (Å²) >= 11 is 0. The zero-order valence-electron chi connectivity index (χ0n) is 23.0. The Balaban J connectivity index is 2.14. The molecule has 0 aliphatic carbocycles. The van der Waals surface area contributed by atoms with E-state index >= 15 is 0 Å². The molecule has 0 amide bonds. The van der Waals surface area contributed by atoms with Crippen molar-refractivity contribution < 1.29 is 61.2 Å². The molecule has 2 aromatic rings. The van der Waals surface area contributed by atoms with Crippen LogP contribution in [0.25, 0.3) is 0 Å². The number of nitrogens with zero attached hydrogens (tertiary/aromatic N) is 2. The van der Waals surface area contributed by atoms with Gasteiger partial charge in [0.1, 0.15) is 11.5 Å². The molecule has 0 radical (unpaired) electrons. The van der Waals surface area contributed by atoms with Crippen molar-refractivity contribution in [3.05, 3.63) is 59.7 Å². The molecule has 0 fully saturated rings. The molecule has 0 aromatic heterocycles. The Hall–Kier alpha value is -3.54. The first kappa shape index (κ1) is 35.7. The Morgan fingerprint density at radius 2 is 0.977 bits per heavy atom. The van der Waals surface area contributed by atoms with E-state index in [-0.39, 0.29) is 24.3 Å². The minimum Gasteiger partial charge on any atom is -0.455 e. The van der Waals surface area contributed by atoms with Gasteiger partial charge in [0, 0.05) is 6.42 Å². The van der Waals surface area contributed by atoms with Crippen LogP contribution in [0.4, 0.5) is 26.3 Å². The Kier molecular flexibility index (Phi) is 12.2. The summed E-state index contributed by atoms with van der Waals surface area (Å²) in [7, 11) is -11.8. The van der Waals surface area contributed by atoms with E-state index in [2.05, 4.69) is 18.9 Å². The van der Waals surface area contributed by atoms with Crippen LogP contribution in [0.15, 0.2) is 58.8 Å². The monoisotopic (exact) mass is 662 g/mol. The summed E-state index contributed by atoms with van der Waals surface area (Å²) in [6.07, 6.45) is 0.634. The summed E-state index contributed by atoms with van der Waals surface area (Å²) in [6, 6.07) is 11.7. The molecule has 240 valence electrons. The number of benzene rings is 2. The number of hydrogen-bond donors (Lipinski definition) is 0. The van der Waals surface area contributed by atoms with E-state index in [1.165, 1.54) is 48.5 Å². The average Bonchev–Trinajstić information content (AvgIpc) is 2.92. The molecular formula is C25H28F6N2O8S2. The van der Waals surface area contributed by atoms with Gasteiger partial charge in [-0.3, -0.25) is 8.57 Å². The van der Waals surface area contributed by atoms with Gasteiger partial charge in [-0.15, -0.1) is 0 Å². The summed E-state index contributed by atoms with van der Waals surface area (Å²) in [6.45, 7) is 5.18. The van der Waals surface area contributed by atoms with E-state index in [4.69, 9.17) is 9.47 Å². The van der Waals surface area contributed by atoms with Gasteiger partial charge in [-0.05, 0) is 72.5 Å². The largest absolute Gasteiger partial charge is 0.536 e. The molecule has 0 aliphatic heterocycles. The fourth-order valence-corrected chi connectivity index (χ4v) is 3.72. The molecule has 0 atom stereocenters. The number of rotatable bonds is 15. The van der Waals surface area contributed by atoms with Crippen molar-refractivity contribution in [3.8, 4) is 11.5 Å². The van der Waals surface area contributed by atoms with Gasteiger partial charge >= 0.3 is 31.3 Å². The van der Waals surface area contributed by atoms with Crippen LogP contribution in [0.3, 0.4) is 0 Å². The molecule has 0 spiro atoms. The minimum atomic E-state index is -5.91. The maximum atomic E-state index is 12.6. The maximum Gasteiger partial charge on any atom is 0.536 e. The Morgan fingerprint density at radius 1 is 0.651 bits per heavy atom. The third-order valence-corrected chi connectivity index (χ3v) is 6.95. The van der Waals surface area contributed by atoms with Crippen LogP contribution < -0.4 is 9.47 Å². The zero-order valence-corrected chi connectivity index (χ0v) is 24.6. The number of oxime groups is 2. The standard InChI is InChI=1S/C25H28F6N2O8S2/c1-4-7-21(32-40-42(34,35)24(26,27)28)17-9-13-19(14-10-17)38-23(6-3)39-20-15-11-18(12-16-20)22(8-5-2)33-41-43(36,37)25(29,30)31/h9-16,23H,4-8H2,1-3H3. The van der Waals surface area contributed by atoms with Crippen LogP contribution in [0.1, 0.15) is 64.0 Å². The SMILES string of the molecule is CCCC(=NOS(=O)(=O)C(F)(F)F)c1ccc(OC(CC)Oc2ccc(C(CCC)=NOS(=O)(=O)C(F)(F)F)cc2)cc1. The summed E-state index contributed by atoms with van der Waals surface area (Å²) in [4.78, 5) is 0. The van der Waals surface area contributed by atoms with Gasteiger partial charge in [-0.25, -0.2) is 0 Å². The van der Waals surface area contributed by atoms with Crippen molar-refractivity contribution in [1.82, 2.24) is 0 Å². The quantitative estimate of drug-likeness (QED) is 0.0684. The number of hydrogen-bond acceptors (Lipinski definition) is 10. The van der Waals surface area contributed by atoms with Gasteiger partial charge in [0.2, 0.25) is 6.29 Å². The predicted octanol–water partition coefficient (Wildman–Crippen LogP) is 6.62. The van der Waals surface area contributed by atoms with Crippen LogP contribution in [0, 0.1) is 0 Å². The normalized spacial score (nSPS) is 14.3. The Labute approximate surface area is 244 Å². The van der Waals surface area contributed by atoms with Crippen molar-refractivity contribution in [2.75, 3.05) is 0 Å². The first-order chi connectivity index (χ1) is 19.9.